The van der Waals surface area contributed by atoms with Crippen molar-refractivity contribution in [2.75, 3.05) is 19.0 Å². The van der Waals surface area contributed by atoms with Gasteiger partial charge in [0.15, 0.2) is 0 Å². The summed E-state index contributed by atoms with van der Waals surface area (Å²) >= 11 is 0. The van der Waals surface area contributed by atoms with Crippen LogP contribution in [0.15, 0.2) is 85.9 Å². The van der Waals surface area contributed by atoms with Crippen LogP contribution in [0.4, 0.5) is 10.5 Å². The molecule has 3 heterocycles. The minimum absolute atomic E-state index is 0.00212. The summed E-state index contributed by atoms with van der Waals surface area (Å²) in [6.45, 7) is 21.8. The molecular formula is C55H54N4O6. The second-order valence-electron chi connectivity index (χ2n) is 20.4. The number of carbonyl (C=O) groups is 1. The molecule has 0 fully saturated rings. The van der Waals surface area contributed by atoms with Crippen LogP contribution in [0, 0.1) is 0 Å². The number of fused-ring (bicyclic) bond motifs is 1. The molecule has 0 unspecified atom stereocenters. The number of nitrogens with zero attached hydrogens (tertiary/aromatic N) is 4. The van der Waals surface area contributed by atoms with E-state index in [-0.39, 0.29) is 34.4 Å². The Labute approximate surface area is 375 Å². The van der Waals surface area contributed by atoms with Crippen LogP contribution in [-0.2, 0) is 4.74 Å². The van der Waals surface area contributed by atoms with Crippen molar-refractivity contribution in [1.82, 2.24) is 13.7 Å². The van der Waals surface area contributed by atoms with Gasteiger partial charge in [-0.1, -0.05) is 97.9 Å². The number of para-hydroxylation sites is 2. The molecule has 10 rings (SSSR count). The number of benzene rings is 7. The Morgan fingerprint density at radius 2 is 0.877 bits per heavy atom. The standard InChI is InChI=1S/C55H54N4O6/c1-25(2)29-16-14-17-30(26(3)4)48(29)58-50(60)34-21-20-33-43-38(56(12)13)22-35-42-37(53(63)59(51(35)61)49-31(27(5)6)18-15-19-32(49)28(7)8)24-40-46(47(42)43)45-39(57(40)54(64)65-55(9,10)11)23-36(52(58)62)41(34)44(33)45/h14-28H,1-13H3. The first-order chi connectivity index (χ1) is 30.7. The third-order valence-electron chi connectivity index (χ3n) is 13.6. The van der Waals surface area contributed by atoms with Gasteiger partial charge in [0.1, 0.15) is 5.60 Å². The highest BCUT2D eigenvalue weighted by Gasteiger charge is 2.34. The molecule has 0 saturated heterocycles. The molecule has 0 aliphatic rings. The number of carbonyl (C=O) groups excluding carboxylic acids is 1. The van der Waals surface area contributed by atoms with E-state index in [1.807, 2.05) is 67.5 Å². The van der Waals surface area contributed by atoms with Gasteiger partial charge < -0.3 is 9.64 Å². The van der Waals surface area contributed by atoms with Crippen molar-refractivity contribution in [3.05, 3.63) is 130 Å². The second-order valence-corrected chi connectivity index (χ2v) is 20.4. The van der Waals surface area contributed by atoms with Crippen molar-refractivity contribution in [2.45, 2.75) is 105 Å². The third-order valence-corrected chi connectivity index (χ3v) is 13.6. The number of hydrogen-bond donors (Lipinski definition) is 0. The first-order valence-corrected chi connectivity index (χ1v) is 22.7. The SMILES string of the molecule is CC(C)c1cccc(C(C)C)c1-n1c(=O)c2ccc3c4c(N(C)C)cc5c(=O)n(-c6c(C(C)C)cccc6C(C)C)c(=O)c6cc7c(c4c56)c4c3c2c(cc4n7C(=O)OC(C)(C)C)c1=O. The van der Waals surface area contributed by atoms with Gasteiger partial charge in [0.25, 0.3) is 22.2 Å². The highest BCUT2D eigenvalue weighted by molar-refractivity contribution is 6.47. The van der Waals surface area contributed by atoms with E-state index in [1.165, 1.54) is 13.7 Å². The van der Waals surface area contributed by atoms with E-state index < -0.39 is 33.9 Å². The van der Waals surface area contributed by atoms with Gasteiger partial charge in [-0.05, 0) is 96.3 Å². The quantitative estimate of drug-likeness (QED) is 0.116. The molecular weight excluding hydrogens is 813 g/mol. The van der Waals surface area contributed by atoms with Crippen molar-refractivity contribution in [3.8, 4) is 11.4 Å². The molecule has 7 aromatic carbocycles. The Balaban J connectivity index is 1.50. The zero-order valence-electron chi connectivity index (χ0n) is 39.4. The topological polar surface area (TPSA) is 113 Å². The summed E-state index contributed by atoms with van der Waals surface area (Å²) < 4.78 is 10.3. The van der Waals surface area contributed by atoms with Crippen molar-refractivity contribution in [2.24, 2.45) is 0 Å². The first-order valence-electron chi connectivity index (χ1n) is 22.7. The van der Waals surface area contributed by atoms with Crippen LogP contribution in [0.25, 0.3) is 87.0 Å². The second kappa shape index (κ2) is 14.1. The Bertz CT molecular complexity index is 3820. The van der Waals surface area contributed by atoms with Gasteiger partial charge >= 0.3 is 6.09 Å². The van der Waals surface area contributed by atoms with E-state index in [0.29, 0.717) is 71.2 Å². The summed E-state index contributed by atoms with van der Waals surface area (Å²) in [4.78, 5) is 78.3. The normalized spacial score (nSPS) is 12.9. The fourth-order valence-electron chi connectivity index (χ4n) is 10.8. The van der Waals surface area contributed by atoms with Crippen molar-refractivity contribution >= 4 is 87.4 Å². The van der Waals surface area contributed by atoms with Crippen LogP contribution in [0.5, 0.6) is 0 Å². The maximum absolute atomic E-state index is 15.5. The lowest BCUT2D eigenvalue weighted by atomic mass is 9.85. The average Bonchev–Trinajstić information content (AvgIpc) is 3.57. The first kappa shape index (κ1) is 42.2. The molecule has 3 aromatic heterocycles. The lowest BCUT2D eigenvalue weighted by Crippen LogP contribution is -2.34. The lowest BCUT2D eigenvalue weighted by molar-refractivity contribution is 0.0551. The maximum atomic E-state index is 15.5. The maximum Gasteiger partial charge on any atom is 0.419 e. The Morgan fingerprint density at radius 3 is 1.29 bits per heavy atom. The Kier molecular flexibility index (Phi) is 9.14. The van der Waals surface area contributed by atoms with Crippen molar-refractivity contribution in [1.29, 1.82) is 0 Å². The molecule has 10 nitrogen and oxygen atoms in total. The van der Waals surface area contributed by atoms with Crippen LogP contribution >= 0.6 is 0 Å². The summed E-state index contributed by atoms with van der Waals surface area (Å²) in [6.07, 6.45) is -0.687. The summed E-state index contributed by atoms with van der Waals surface area (Å²) in [5, 5.41) is 6.40. The summed E-state index contributed by atoms with van der Waals surface area (Å²) in [7, 11) is 3.83. The van der Waals surface area contributed by atoms with Crippen LogP contribution in [0.2, 0.25) is 0 Å². The van der Waals surface area contributed by atoms with E-state index in [4.69, 9.17) is 4.74 Å². The summed E-state index contributed by atoms with van der Waals surface area (Å²) in [5.41, 5.74) is 3.45. The van der Waals surface area contributed by atoms with Gasteiger partial charge in [-0.15, -0.1) is 0 Å². The molecule has 65 heavy (non-hydrogen) atoms. The number of rotatable bonds is 7. The molecule has 0 bridgehead atoms. The molecule has 10 aromatic rings. The van der Waals surface area contributed by atoms with Crippen LogP contribution in [0.1, 0.15) is 122 Å². The number of pyridine rings is 2. The van der Waals surface area contributed by atoms with Gasteiger partial charge in [-0.25, -0.2) is 18.5 Å². The van der Waals surface area contributed by atoms with Gasteiger partial charge in [0.05, 0.1) is 38.6 Å². The highest BCUT2D eigenvalue weighted by atomic mass is 16.6. The largest absolute Gasteiger partial charge is 0.443 e. The van der Waals surface area contributed by atoms with Crippen LogP contribution < -0.4 is 27.1 Å². The molecule has 0 aliphatic heterocycles. The zero-order valence-corrected chi connectivity index (χ0v) is 39.4. The van der Waals surface area contributed by atoms with Gasteiger partial charge in [-0.2, -0.15) is 0 Å². The highest BCUT2D eigenvalue weighted by Crippen LogP contribution is 2.52. The van der Waals surface area contributed by atoms with Gasteiger partial charge in [0, 0.05) is 62.9 Å². The van der Waals surface area contributed by atoms with E-state index in [9.17, 15) is 4.79 Å². The number of ether oxygens (including phenoxy) is 1. The van der Waals surface area contributed by atoms with E-state index in [1.54, 1.807) is 39.0 Å². The average molecular weight is 867 g/mol. The van der Waals surface area contributed by atoms with Gasteiger partial charge in [0.2, 0.25) is 0 Å². The lowest BCUT2D eigenvalue weighted by Gasteiger charge is -2.24. The number of anilines is 1. The summed E-state index contributed by atoms with van der Waals surface area (Å²) in [5.74, 6) is -0.00470. The minimum atomic E-state index is -0.912. The Morgan fingerprint density at radius 1 is 0.492 bits per heavy atom. The van der Waals surface area contributed by atoms with Crippen molar-refractivity contribution < 1.29 is 9.53 Å². The van der Waals surface area contributed by atoms with Crippen LogP contribution in [0.3, 0.4) is 0 Å². The minimum Gasteiger partial charge on any atom is -0.443 e. The van der Waals surface area contributed by atoms with Crippen LogP contribution in [-0.4, -0.2) is 39.5 Å². The fraction of sp³-hybridized carbons (Fsp3) is 0.327. The third kappa shape index (κ3) is 5.68. The fourth-order valence-corrected chi connectivity index (χ4v) is 10.8. The van der Waals surface area contributed by atoms with Gasteiger partial charge in [-0.3, -0.25) is 19.2 Å². The predicted octanol–water partition coefficient (Wildman–Crippen LogP) is 11.7. The number of aromatic nitrogens is 3. The molecule has 0 atom stereocenters. The molecule has 0 N–H and O–H groups in total. The van der Waals surface area contributed by atoms with E-state index >= 15 is 19.2 Å². The Hall–Kier alpha value is -6.81. The smallest absolute Gasteiger partial charge is 0.419 e. The predicted molar refractivity (Wildman–Crippen MR) is 268 cm³/mol. The van der Waals surface area contributed by atoms with E-state index in [2.05, 4.69) is 55.4 Å². The number of hydrogen-bond acceptors (Lipinski definition) is 7. The molecule has 0 radical (unpaired) electrons. The van der Waals surface area contributed by atoms with Crippen molar-refractivity contribution in [3.63, 3.8) is 0 Å². The molecule has 0 spiro atoms. The van der Waals surface area contributed by atoms with E-state index in [0.717, 1.165) is 33.0 Å². The molecule has 0 amide bonds. The molecule has 0 aliphatic carbocycles. The zero-order chi connectivity index (χ0) is 46.6. The molecule has 0 saturated carbocycles. The summed E-state index contributed by atoms with van der Waals surface area (Å²) in [6, 6.07) is 20.9. The monoisotopic (exact) mass is 866 g/mol. The molecule has 330 valence electrons. The molecule has 10 heteroatoms.